The van der Waals surface area contributed by atoms with Gasteiger partial charge in [-0.3, -0.25) is 14.7 Å². The fourth-order valence-electron chi connectivity index (χ4n) is 3.53. The van der Waals surface area contributed by atoms with Gasteiger partial charge in [0.05, 0.1) is 11.4 Å². The predicted octanol–water partition coefficient (Wildman–Crippen LogP) is 4.56. The fourth-order valence-corrected chi connectivity index (χ4v) is 4.63. The zero-order valence-electron chi connectivity index (χ0n) is 16.3. The first-order valence-electron chi connectivity index (χ1n) is 9.75. The summed E-state index contributed by atoms with van der Waals surface area (Å²) in [5, 5.41) is 4.73. The number of hydrogen-bond acceptors (Lipinski definition) is 5. The summed E-state index contributed by atoms with van der Waals surface area (Å²) >= 11 is 7.39. The van der Waals surface area contributed by atoms with E-state index in [1.807, 2.05) is 49.5 Å². The second kappa shape index (κ2) is 9.03. The molecule has 3 heterocycles. The zero-order chi connectivity index (χ0) is 20.2. The normalized spacial score (nSPS) is 15.4. The third-order valence-electron chi connectivity index (χ3n) is 5.13. The molecule has 1 aromatic carbocycles. The van der Waals surface area contributed by atoms with Crippen LogP contribution < -0.4 is 5.32 Å². The van der Waals surface area contributed by atoms with Gasteiger partial charge >= 0.3 is 0 Å². The lowest BCUT2D eigenvalue weighted by atomic mass is 10.0. The molecule has 1 N–H and O–H groups in total. The third kappa shape index (κ3) is 5.01. The number of thiazole rings is 1. The summed E-state index contributed by atoms with van der Waals surface area (Å²) in [6.07, 6.45) is 3.72. The van der Waals surface area contributed by atoms with Crippen LogP contribution in [0.2, 0.25) is 5.02 Å². The minimum atomic E-state index is -0.0246. The highest BCUT2D eigenvalue weighted by Gasteiger charge is 2.23. The number of carbonyl (C=O) groups is 1. The van der Waals surface area contributed by atoms with Crippen molar-refractivity contribution >= 4 is 28.8 Å². The van der Waals surface area contributed by atoms with E-state index in [9.17, 15) is 4.79 Å². The summed E-state index contributed by atoms with van der Waals surface area (Å²) in [5.74, 6) is -0.0246. The molecule has 1 aliphatic rings. The van der Waals surface area contributed by atoms with Gasteiger partial charge in [0.25, 0.3) is 5.91 Å². The van der Waals surface area contributed by atoms with Crippen LogP contribution in [0.15, 0.2) is 48.7 Å². The molecule has 1 aliphatic heterocycles. The van der Waals surface area contributed by atoms with Crippen LogP contribution in [0.4, 0.5) is 0 Å². The summed E-state index contributed by atoms with van der Waals surface area (Å²) in [7, 11) is 0. The standard InChI is InChI=1S/C22H23ClN4OS/c1-15-20(29-22(25-15)16-5-7-17(23)8-6-16)21(28)26-18-9-12-27(13-10-18)14-19-4-2-3-11-24-19/h2-8,11,18H,9-10,12-14H2,1H3,(H,26,28). The van der Waals surface area contributed by atoms with Crippen molar-refractivity contribution < 1.29 is 4.79 Å². The van der Waals surface area contributed by atoms with Gasteiger partial charge in [-0.2, -0.15) is 0 Å². The highest BCUT2D eigenvalue weighted by Crippen LogP contribution is 2.29. The van der Waals surface area contributed by atoms with Gasteiger partial charge in [-0.15, -0.1) is 11.3 Å². The number of likely N-dealkylation sites (tertiary alicyclic amines) is 1. The van der Waals surface area contributed by atoms with Crippen molar-refractivity contribution in [2.75, 3.05) is 13.1 Å². The number of nitrogens with one attached hydrogen (secondary N) is 1. The summed E-state index contributed by atoms with van der Waals surface area (Å²) in [6.45, 7) is 4.67. The number of nitrogens with zero attached hydrogens (tertiary/aromatic N) is 3. The van der Waals surface area contributed by atoms with Gasteiger partial charge < -0.3 is 5.32 Å². The third-order valence-corrected chi connectivity index (χ3v) is 6.59. The Hall–Kier alpha value is -2.28. The Balaban J connectivity index is 1.34. The number of carbonyl (C=O) groups excluding carboxylic acids is 1. The van der Waals surface area contributed by atoms with Gasteiger partial charge in [0.2, 0.25) is 0 Å². The molecule has 150 valence electrons. The average Bonchev–Trinajstić information content (AvgIpc) is 3.12. The van der Waals surface area contributed by atoms with E-state index in [1.54, 1.807) is 0 Å². The Labute approximate surface area is 179 Å². The van der Waals surface area contributed by atoms with E-state index in [4.69, 9.17) is 11.6 Å². The van der Waals surface area contributed by atoms with Crippen molar-refractivity contribution in [2.24, 2.45) is 0 Å². The molecule has 0 atom stereocenters. The minimum Gasteiger partial charge on any atom is -0.348 e. The van der Waals surface area contributed by atoms with Crippen molar-refractivity contribution in [3.63, 3.8) is 0 Å². The van der Waals surface area contributed by atoms with Crippen LogP contribution in [0.5, 0.6) is 0 Å². The average molecular weight is 427 g/mol. The second-order valence-electron chi connectivity index (χ2n) is 7.29. The van der Waals surface area contributed by atoms with Crippen LogP contribution in [0.1, 0.15) is 33.9 Å². The maximum Gasteiger partial charge on any atom is 0.263 e. The van der Waals surface area contributed by atoms with Gasteiger partial charge in [-0.1, -0.05) is 29.8 Å². The molecule has 3 aromatic rings. The number of aryl methyl sites for hydroxylation is 1. The molecule has 0 bridgehead atoms. The molecule has 0 spiro atoms. The number of hydrogen-bond donors (Lipinski definition) is 1. The summed E-state index contributed by atoms with van der Waals surface area (Å²) in [4.78, 5) is 24.9. The smallest absolute Gasteiger partial charge is 0.263 e. The molecule has 2 aromatic heterocycles. The van der Waals surface area contributed by atoms with E-state index in [0.29, 0.717) is 9.90 Å². The van der Waals surface area contributed by atoms with Gasteiger partial charge in [0, 0.05) is 42.5 Å². The van der Waals surface area contributed by atoms with E-state index in [-0.39, 0.29) is 11.9 Å². The Morgan fingerprint density at radius 3 is 2.66 bits per heavy atom. The molecular formula is C22H23ClN4OS. The van der Waals surface area contributed by atoms with Crippen molar-refractivity contribution in [3.05, 3.63) is 69.9 Å². The lowest BCUT2D eigenvalue weighted by Crippen LogP contribution is -2.44. The van der Waals surface area contributed by atoms with Crippen molar-refractivity contribution in [2.45, 2.75) is 32.4 Å². The molecule has 1 fully saturated rings. The largest absolute Gasteiger partial charge is 0.348 e. The maximum atomic E-state index is 12.8. The lowest BCUT2D eigenvalue weighted by molar-refractivity contribution is 0.0912. The van der Waals surface area contributed by atoms with Crippen molar-refractivity contribution in [1.82, 2.24) is 20.2 Å². The van der Waals surface area contributed by atoms with E-state index in [1.165, 1.54) is 11.3 Å². The second-order valence-corrected chi connectivity index (χ2v) is 8.72. The molecule has 7 heteroatoms. The van der Waals surface area contributed by atoms with E-state index >= 15 is 0 Å². The number of amides is 1. The molecule has 0 saturated carbocycles. The van der Waals surface area contributed by atoms with Crippen molar-refractivity contribution in [3.8, 4) is 10.6 Å². The molecule has 5 nitrogen and oxygen atoms in total. The fraction of sp³-hybridized carbons (Fsp3) is 0.318. The zero-order valence-corrected chi connectivity index (χ0v) is 17.8. The highest BCUT2D eigenvalue weighted by atomic mass is 35.5. The van der Waals surface area contributed by atoms with Gasteiger partial charge in [0.15, 0.2) is 0 Å². The van der Waals surface area contributed by atoms with Crippen LogP contribution in [-0.4, -0.2) is 39.9 Å². The highest BCUT2D eigenvalue weighted by molar-refractivity contribution is 7.17. The van der Waals surface area contributed by atoms with Crippen molar-refractivity contribution in [1.29, 1.82) is 0 Å². The minimum absolute atomic E-state index is 0.0246. The molecule has 29 heavy (non-hydrogen) atoms. The summed E-state index contributed by atoms with van der Waals surface area (Å²) in [6, 6.07) is 13.7. The molecule has 1 saturated heterocycles. The first kappa shape index (κ1) is 20.0. The van der Waals surface area contributed by atoms with Crippen LogP contribution in [0.25, 0.3) is 10.6 Å². The number of halogens is 1. The number of benzene rings is 1. The van der Waals surface area contributed by atoms with Crippen LogP contribution in [0, 0.1) is 6.92 Å². The molecular weight excluding hydrogens is 404 g/mol. The van der Waals surface area contributed by atoms with E-state index in [2.05, 4.69) is 26.3 Å². The Morgan fingerprint density at radius 2 is 1.97 bits per heavy atom. The first-order valence-corrected chi connectivity index (χ1v) is 10.9. The predicted molar refractivity (Wildman–Crippen MR) is 117 cm³/mol. The van der Waals surface area contributed by atoms with E-state index < -0.39 is 0 Å². The number of pyridine rings is 1. The lowest BCUT2D eigenvalue weighted by Gasteiger charge is -2.32. The Morgan fingerprint density at radius 1 is 1.21 bits per heavy atom. The van der Waals surface area contributed by atoms with Crippen LogP contribution >= 0.6 is 22.9 Å². The molecule has 0 unspecified atom stereocenters. The first-order chi connectivity index (χ1) is 14.1. The SMILES string of the molecule is Cc1nc(-c2ccc(Cl)cc2)sc1C(=O)NC1CCN(Cc2ccccn2)CC1. The molecule has 1 amide bonds. The molecule has 0 aliphatic carbocycles. The van der Waals surface area contributed by atoms with Gasteiger partial charge in [-0.05, 0) is 44.0 Å². The maximum absolute atomic E-state index is 12.8. The topological polar surface area (TPSA) is 58.1 Å². The van der Waals surface area contributed by atoms with E-state index in [0.717, 1.165) is 54.4 Å². The van der Waals surface area contributed by atoms with Crippen LogP contribution in [0.3, 0.4) is 0 Å². The van der Waals surface area contributed by atoms with Gasteiger partial charge in [-0.25, -0.2) is 4.98 Å². The Bertz CT molecular complexity index is 966. The quantitative estimate of drug-likeness (QED) is 0.649. The summed E-state index contributed by atoms with van der Waals surface area (Å²) < 4.78 is 0. The monoisotopic (exact) mass is 426 g/mol. The molecule has 0 radical (unpaired) electrons. The number of aromatic nitrogens is 2. The number of piperidine rings is 1. The van der Waals surface area contributed by atoms with Gasteiger partial charge in [0.1, 0.15) is 9.88 Å². The molecule has 4 rings (SSSR count). The number of rotatable bonds is 5. The summed E-state index contributed by atoms with van der Waals surface area (Å²) in [5.41, 5.74) is 2.83. The Kier molecular flexibility index (Phi) is 6.23. The van der Waals surface area contributed by atoms with Crippen LogP contribution in [-0.2, 0) is 6.54 Å².